The van der Waals surface area contributed by atoms with Gasteiger partial charge in [0.05, 0.1) is 23.8 Å². The van der Waals surface area contributed by atoms with Crippen LogP contribution in [0.15, 0.2) is 66.7 Å². The third kappa shape index (κ3) is 4.39. The number of nitrogens with zero attached hydrogens (tertiary/aromatic N) is 2. The number of hydrogen-bond acceptors (Lipinski definition) is 3. The molecule has 3 aromatic carbocycles. The highest BCUT2D eigenvalue weighted by Gasteiger charge is 2.41. The maximum atomic E-state index is 13.6. The molecule has 0 radical (unpaired) electrons. The number of aryl methyl sites for hydroxylation is 2. The largest absolute Gasteiger partial charge is 0.346 e. The number of rotatable bonds is 5. The highest BCUT2D eigenvalue weighted by Crippen LogP contribution is 2.33. The fourth-order valence-corrected chi connectivity index (χ4v) is 5.16. The Labute approximate surface area is 211 Å². The van der Waals surface area contributed by atoms with Crippen molar-refractivity contribution in [3.63, 3.8) is 0 Å². The first-order valence-electron chi connectivity index (χ1n) is 12.5. The summed E-state index contributed by atoms with van der Waals surface area (Å²) in [4.78, 5) is 43.2. The Kier molecular flexibility index (Phi) is 6.35. The molecule has 0 aliphatic carbocycles. The zero-order chi connectivity index (χ0) is 25.4. The second-order valence-corrected chi connectivity index (χ2v) is 9.84. The molecule has 1 N–H and O–H groups in total. The van der Waals surface area contributed by atoms with Gasteiger partial charge in [0.2, 0.25) is 5.91 Å². The van der Waals surface area contributed by atoms with Gasteiger partial charge in [0.15, 0.2) is 0 Å². The van der Waals surface area contributed by atoms with Crippen molar-refractivity contribution >= 4 is 23.4 Å². The smallest absolute Gasteiger partial charge is 0.256 e. The molecule has 0 aromatic heterocycles. The number of nitrogens with one attached hydrogen (secondary N) is 1. The van der Waals surface area contributed by atoms with Gasteiger partial charge in [-0.05, 0) is 80.1 Å². The topological polar surface area (TPSA) is 69.7 Å². The predicted octanol–water partition coefficient (Wildman–Crippen LogP) is 4.95. The van der Waals surface area contributed by atoms with E-state index in [4.69, 9.17) is 0 Å². The second-order valence-electron chi connectivity index (χ2n) is 9.84. The minimum Gasteiger partial charge on any atom is -0.346 e. The van der Waals surface area contributed by atoms with Crippen molar-refractivity contribution < 1.29 is 14.4 Å². The molecule has 0 bridgehead atoms. The Morgan fingerprint density at radius 1 is 1.00 bits per heavy atom. The van der Waals surface area contributed by atoms with E-state index in [-0.39, 0.29) is 23.8 Å². The third-order valence-electron chi connectivity index (χ3n) is 7.40. The summed E-state index contributed by atoms with van der Waals surface area (Å²) >= 11 is 0. The molecule has 5 rings (SSSR count). The van der Waals surface area contributed by atoms with Gasteiger partial charge in [-0.1, -0.05) is 42.5 Å². The van der Waals surface area contributed by atoms with Gasteiger partial charge in [-0.2, -0.15) is 0 Å². The fourth-order valence-electron chi connectivity index (χ4n) is 5.16. The summed E-state index contributed by atoms with van der Waals surface area (Å²) in [6, 6.07) is 20.3. The van der Waals surface area contributed by atoms with Gasteiger partial charge in [-0.15, -0.1) is 0 Å². The van der Waals surface area contributed by atoms with Crippen LogP contribution in [0.1, 0.15) is 68.8 Å². The second kappa shape index (κ2) is 9.61. The average Bonchev–Trinajstić information content (AvgIpc) is 3.36. The van der Waals surface area contributed by atoms with Crippen molar-refractivity contribution in [1.82, 2.24) is 10.2 Å². The van der Waals surface area contributed by atoms with Gasteiger partial charge in [-0.25, -0.2) is 0 Å². The van der Waals surface area contributed by atoms with Crippen LogP contribution in [0.2, 0.25) is 0 Å². The Morgan fingerprint density at radius 2 is 1.81 bits per heavy atom. The zero-order valence-corrected chi connectivity index (χ0v) is 21.0. The normalized spacial score (nSPS) is 17.9. The molecule has 2 heterocycles. The van der Waals surface area contributed by atoms with Gasteiger partial charge >= 0.3 is 0 Å². The van der Waals surface area contributed by atoms with Crippen LogP contribution in [0.25, 0.3) is 0 Å². The van der Waals surface area contributed by atoms with Crippen molar-refractivity contribution in [2.24, 2.45) is 0 Å². The molecule has 6 heteroatoms. The van der Waals surface area contributed by atoms with Crippen molar-refractivity contribution in [2.75, 3.05) is 11.4 Å². The minimum absolute atomic E-state index is 0.0657. The Balaban J connectivity index is 1.39. The van der Waals surface area contributed by atoms with Crippen molar-refractivity contribution in [2.45, 2.75) is 52.2 Å². The number of benzene rings is 3. The molecule has 6 nitrogen and oxygen atoms in total. The van der Waals surface area contributed by atoms with Crippen LogP contribution in [0, 0.1) is 13.8 Å². The first-order chi connectivity index (χ1) is 17.3. The van der Waals surface area contributed by atoms with E-state index in [1.807, 2.05) is 49.4 Å². The quantitative estimate of drug-likeness (QED) is 0.561. The lowest BCUT2D eigenvalue weighted by atomic mass is 10.0. The number of hydrogen-bond donors (Lipinski definition) is 1. The summed E-state index contributed by atoms with van der Waals surface area (Å²) in [5, 5.41) is 3.09. The summed E-state index contributed by atoms with van der Waals surface area (Å²) in [7, 11) is 0. The summed E-state index contributed by atoms with van der Waals surface area (Å²) < 4.78 is 0. The molecule has 1 saturated heterocycles. The molecular weight excluding hydrogens is 450 g/mol. The van der Waals surface area contributed by atoms with Crippen LogP contribution < -0.4 is 10.2 Å². The van der Waals surface area contributed by atoms with Crippen LogP contribution in [0.5, 0.6) is 0 Å². The maximum absolute atomic E-state index is 13.6. The third-order valence-corrected chi connectivity index (χ3v) is 7.40. The van der Waals surface area contributed by atoms with Crippen LogP contribution in [0.4, 0.5) is 5.69 Å². The maximum Gasteiger partial charge on any atom is 0.256 e. The molecule has 3 amide bonds. The standard InChI is InChI=1S/C30H31N3O3/c1-19-13-14-23(16-20(19)2)21(3)31-28(34)24-9-6-8-22(17-24)18-33-26-11-5-4-10-25(26)29(35)32-15-7-12-27(32)30(33)36/h4-6,8-11,13-14,16-17,21,27H,7,12,15,18H2,1-3H3,(H,31,34)/t21-,27+/m1/s1. The highest BCUT2D eigenvalue weighted by atomic mass is 16.2. The molecule has 184 valence electrons. The number of fused-ring (bicyclic) bond motifs is 2. The first kappa shape index (κ1) is 23.8. The molecule has 1 fully saturated rings. The Morgan fingerprint density at radius 3 is 2.61 bits per heavy atom. The molecule has 0 spiro atoms. The van der Waals surface area contributed by atoms with Crippen molar-refractivity contribution in [1.29, 1.82) is 0 Å². The summed E-state index contributed by atoms with van der Waals surface area (Å²) in [6.45, 7) is 7.01. The lowest BCUT2D eigenvalue weighted by molar-refractivity contribution is -0.122. The average molecular weight is 482 g/mol. The molecule has 0 saturated carbocycles. The van der Waals surface area contributed by atoms with E-state index in [2.05, 4.69) is 31.3 Å². The van der Waals surface area contributed by atoms with Gasteiger partial charge < -0.3 is 15.1 Å². The van der Waals surface area contributed by atoms with Gasteiger partial charge in [0, 0.05) is 12.1 Å². The van der Waals surface area contributed by atoms with Crippen LogP contribution >= 0.6 is 0 Å². The summed E-state index contributed by atoms with van der Waals surface area (Å²) in [5.74, 6) is -0.316. The van der Waals surface area contributed by atoms with Crippen molar-refractivity contribution in [3.05, 3.63) is 100 Å². The molecule has 0 unspecified atom stereocenters. The molecule has 3 aromatic rings. The van der Waals surface area contributed by atoms with E-state index < -0.39 is 6.04 Å². The van der Waals surface area contributed by atoms with E-state index in [0.29, 0.717) is 36.3 Å². The molecule has 36 heavy (non-hydrogen) atoms. The van der Waals surface area contributed by atoms with Crippen LogP contribution in [-0.4, -0.2) is 35.2 Å². The Bertz CT molecular complexity index is 1350. The number of carbonyl (C=O) groups excluding carboxylic acids is 3. The predicted molar refractivity (Wildman–Crippen MR) is 140 cm³/mol. The summed E-state index contributed by atoms with van der Waals surface area (Å²) in [6.07, 6.45) is 1.50. The van der Waals surface area contributed by atoms with E-state index in [1.165, 1.54) is 11.1 Å². The minimum atomic E-state index is -0.435. The van der Waals surface area contributed by atoms with Crippen LogP contribution in [-0.2, 0) is 11.3 Å². The molecule has 2 atom stereocenters. The highest BCUT2D eigenvalue weighted by molar-refractivity contribution is 6.11. The Hall–Kier alpha value is -3.93. The van der Waals surface area contributed by atoms with Gasteiger partial charge in [0.1, 0.15) is 6.04 Å². The van der Waals surface area contributed by atoms with E-state index >= 15 is 0 Å². The lowest BCUT2D eigenvalue weighted by Gasteiger charge is -2.26. The van der Waals surface area contributed by atoms with E-state index in [0.717, 1.165) is 17.5 Å². The SMILES string of the molecule is Cc1ccc([C@@H](C)NC(=O)c2cccc(CN3C(=O)[C@@H]4CCCN4C(=O)c4ccccc43)c2)cc1C. The van der Waals surface area contributed by atoms with E-state index in [9.17, 15) is 14.4 Å². The zero-order valence-electron chi connectivity index (χ0n) is 21.0. The molecule has 2 aliphatic heterocycles. The number of carbonyl (C=O) groups is 3. The fraction of sp³-hybridized carbons (Fsp3) is 0.300. The van der Waals surface area contributed by atoms with Gasteiger partial charge in [-0.3, -0.25) is 14.4 Å². The first-order valence-corrected chi connectivity index (χ1v) is 12.5. The van der Waals surface area contributed by atoms with Crippen LogP contribution in [0.3, 0.4) is 0 Å². The van der Waals surface area contributed by atoms with Gasteiger partial charge in [0.25, 0.3) is 11.8 Å². The molecule has 2 aliphatic rings. The summed E-state index contributed by atoms with van der Waals surface area (Å²) in [5.41, 5.74) is 6.02. The molecular formula is C30H31N3O3. The number of anilines is 1. The monoisotopic (exact) mass is 481 g/mol. The lowest BCUT2D eigenvalue weighted by Crippen LogP contribution is -2.44. The van der Waals surface area contributed by atoms with E-state index in [1.54, 1.807) is 21.9 Å². The number of para-hydroxylation sites is 1. The van der Waals surface area contributed by atoms with Crippen molar-refractivity contribution in [3.8, 4) is 0 Å². The number of amides is 3.